The summed E-state index contributed by atoms with van der Waals surface area (Å²) in [6.07, 6.45) is 6.35. The van der Waals surface area contributed by atoms with Gasteiger partial charge in [0, 0.05) is 4.90 Å². The maximum absolute atomic E-state index is 13.7. The van der Waals surface area contributed by atoms with E-state index in [9.17, 15) is 9.18 Å². The number of rotatable bonds is 6. The molecule has 0 heterocycles. The summed E-state index contributed by atoms with van der Waals surface area (Å²) in [6.45, 7) is 5.37. The fourth-order valence-corrected chi connectivity index (χ4v) is 3.55. The molecule has 4 heteroatoms. The second kappa shape index (κ2) is 8.30. The van der Waals surface area contributed by atoms with Crippen molar-refractivity contribution in [2.24, 2.45) is 5.41 Å². The third-order valence-electron chi connectivity index (χ3n) is 4.90. The minimum absolute atomic E-state index is 0.247. The Morgan fingerprint density at radius 2 is 1.89 bits per heavy atom. The molecule has 1 aliphatic carbocycles. The van der Waals surface area contributed by atoms with Gasteiger partial charge in [0.15, 0.2) is 0 Å². The van der Waals surface area contributed by atoms with Gasteiger partial charge in [0.05, 0.1) is 17.5 Å². The Labute approximate surface area is 165 Å². The number of carbonyl (C=O) groups excluding carboxylic acids is 1. The van der Waals surface area contributed by atoms with E-state index in [1.165, 1.54) is 36.5 Å². The van der Waals surface area contributed by atoms with Gasteiger partial charge >= 0.3 is 5.97 Å². The maximum atomic E-state index is 13.7. The number of allylic oxidation sites excluding steroid dienone is 1. The van der Waals surface area contributed by atoms with Crippen LogP contribution in [0.4, 0.5) is 4.39 Å². The van der Waals surface area contributed by atoms with Crippen molar-refractivity contribution in [2.45, 2.75) is 51.3 Å². The Bertz CT molecular complexity index is 847. The van der Waals surface area contributed by atoms with Crippen molar-refractivity contribution in [3.05, 3.63) is 70.5 Å². The summed E-state index contributed by atoms with van der Waals surface area (Å²) in [5.74, 6) is -0.558. The van der Waals surface area contributed by atoms with Crippen LogP contribution < -0.4 is 0 Å². The van der Waals surface area contributed by atoms with E-state index < -0.39 is 5.41 Å². The van der Waals surface area contributed by atoms with Gasteiger partial charge in [0.1, 0.15) is 5.82 Å². The van der Waals surface area contributed by atoms with Gasteiger partial charge < -0.3 is 4.18 Å². The molecule has 2 nitrogen and oxygen atoms in total. The third kappa shape index (κ3) is 5.23. The molecule has 0 aliphatic heterocycles. The largest absolute Gasteiger partial charge is 0.386 e. The summed E-state index contributed by atoms with van der Waals surface area (Å²) < 4.78 is 19.2. The van der Waals surface area contributed by atoms with Gasteiger partial charge in [-0.15, -0.1) is 0 Å². The monoisotopic (exact) mass is 384 g/mol. The molecule has 0 radical (unpaired) electrons. The molecule has 1 aliphatic rings. The molecule has 1 saturated carbocycles. The molecule has 2 aromatic rings. The predicted octanol–water partition coefficient (Wildman–Crippen LogP) is 6.52. The van der Waals surface area contributed by atoms with Crippen LogP contribution >= 0.6 is 12.0 Å². The van der Waals surface area contributed by atoms with E-state index in [4.69, 9.17) is 4.18 Å². The molecule has 1 fully saturated rings. The van der Waals surface area contributed by atoms with Crippen molar-refractivity contribution in [3.8, 4) is 0 Å². The Kier molecular flexibility index (Phi) is 6.05. The number of halogens is 1. The SMILES string of the molecule is Cc1ccc(CC(C)(C)C(=O)OSc2ccc(C=C3CCC3)cc2)cc1F. The Morgan fingerprint density at radius 3 is 2.48 bits per heavy atom. The molecule has 0 saturated heterocycles. The van der Waals surface area contributed by atoms with Crippen LogP contribution in [-0.4, -0.2) is 5.97 Å². The number of carbonyl (C=O) groups is 1. The molecule has 0 bridgehead atoms. The molecule has 0 N–H and O–H groups in total. The lowest BCUT2D eigenvalue weighted by Gasteiger charge is -2.22. The van der Waals surface area contributed by atoms with E-state index in [2.05, 4.69) is 6.08 Å². The van der Waals surface area contributed by atoms with Gasteiger partial charge in [-0.1, -0.05) is 35.9 Å². The standard InChI is InChI=1S/C23H25FO2S/c1-16-7-8-19(14-21(16)24)15-23(2,3)22(25)26-27-20-11-9-18(10-12-20)13-17-5-4-6-17/h7-14H,4-6,15H2,1-3H3. The summed E-state index contributed by atoms with van der Waals surface area (Å²) in [7, 11) is 0. The van der Waals surface area contributed by atoms with Crippen molar-refractivity contribution in [3.63, 3.8) is 0 Å². The van der Waals surface area contributed by atoms with E-state index in [0.29, 0.717) is 12.0 Å². The highest BCUT2D eigenvalue weighted by molar-refractivity contribution is 7.95. The first-order chi connectivity index (χ1) is 12.8. The van der Waals surface area contributed by atoms with Crippen LogP contribution in [0.25, 0.3) is 6.08 Å². The molecule has 27 heavy (non-hydrogen) atoms. The summed E-state index contributed by atoms with van der Waals surface area (Å²) in [5.41, 5.74) is 3.34. The molecule has 0 amide bonds. The van der Waals surface area contributed by atoms with Crippen molar-refractivity contribution < 1.29 is 13.4 Å². The topological polar surface area (TPSA) is 26.3 Å². The summed E-state index contributed by atoms with van der Waals surface area (Å²) in [6, 6.07) is 13.1. The van der Waals surface area contributed by atoms with Gasteiger partial charge in [-0.3, -0.25) is 4.79 Å². The molecule has 0 spiro atoms. The third-order valence-corrected chi connectivity index (χ3v) is 5.59. The number of hydrogen-bond donors (Lipinski definition) is 0. The van der Waals surface area contributed by atoms with Crippen LogP contribution in [-0.2, 0) is 15.4 Å². The second-order valence-electron chi connectivity index (χ2n) is 7.82. The molecule has 0 aromatic heterocycles. The van der Waals surface area contributed by atoms with Gasteiger partial charge in [0.2, 0.25) is 0 Å². The number of aryl methyl sites for hydroxylation is 1. The second-order valence-corrected chi connectivity index (χ2v) is 8.63. The van der Waals surface area contributed by atoms with Crippen LogP contribution in [0.15, 0.2) is 52.9 Å². The normalized spacial score (nSPS) is 13.9. The first-order valence-electron chi connectivity index (χ1n) is 9.27. The van der Waals surface area contributed by atoms with Gasteiger partial charge in [-0.2, -0.15) is 0 Å². The molecular weight excluding hydrogens is 359 g/mol. The minimum atomic E-state index is -0.733. The van der Waals surface area contributed by atoms with Crippen LogP contribution in [0.1, 0.15) is 49.8 Å². The first-order valence-corrected chi connectivity index (χ1v) is 10.0. The van der Waals surface area contributed by atoms with Gasteiger partial charge in [0.25, 0.3) is 0 Å². The van der Waals surface area contributed by atoms with Crippen molar-refractivity contribution in [1.29, 1.82) is 0 Å². The highest BCUT2D eigenvalue weighted by Gasteiger charge is 2.30. The Morgan fingerprint density at radius 1 is 1.19 bits per heavy atom. The van der Waals surface area contributed by atoms with Crippen LogP contribution in [0.5, 0.6) is 0 Å². The van der Waals surface area contributed by atoms with Crippen LogP contribution in [0, 0.1) is 18.2 Å². The van der Waals surface area contributed by atoms with Crippen LogP contribution in [0.2, 0.25) is 0 Å². The molecule has 0 atom stereocenters. The average molecular weight is 385 g/mol. The van der Waals surface area contributed by atoms with E-state index in [1.54, 1.807) is 13.0 Å². The fraction of sp³-hybridized carbons (Fsp3) is 0.348. The van der Waals surface area contributed by atoms with Gasteiger partial charge in [-0.05, 0) is 81.3 Å². The maximum Gasteiger partial charge on any atom is 0.324 e. The smallest absolute Gasteiger partial charge is 0.324 e. The fourth-order valence-electron chi connectivity index (χ4n) is 2.91. The first kappa shape index (κ1) is 19.7. The molecule has 2 aromatic carbocycles. The average Bonchev–Trinajstić information content (AvgIpc) is 2.60. The molecule has 142 valence electrons. The molecule has 3 rings (SSSR count). The Hall–Kier alpha value is -2.07. The lowest BCUT2D eigenvalue weighted by molar-refractivity contribution is -0.142. The zero-order chi connectivity index (χ0) is 19.4. The van der Waals surface area contributed by atoms with Crippen molar-refractivity contribution >= 4 is 24.1 Å². The van der Waals surface area contributed by atoms with E-state index >= 15 is 0 Å². The summed E-state index contributed by atoms with van der Waals surface area (Å²) in [4.78, 5) is 13.4. The summed E-state index contributed by atoms with van der Waals surface area (Å²) in [5, 5.41) is 0. The summed E-state index contributed by atoms with van der Waals surface area (Å²) >= 11 is 1.07. The zero-order valence-electron chi connectivity index (χ0n) is 16.0. The van der Waals surface area contributed by atoms with Gasteiger partial charge in [-0.25, -0.2) is 4.39 Å². The van der Waals surface area contributed by atoms with Crippen molar-refractivity contribution in [1.82, 2.24) is 0 Å². The highest BCUT2D eigenvalue weighted by Crippen LogP contribution is 2.30. The zero-order valence-corrected chi connectivity index (χ0v) is 16.9. The number of hydrogen-bond acceptors (Lipinski definition) is 3. The molecular formula is C23H25FO2S. The van der Waals surface area contributed by atoms with E-state index in [1.807, 2.05) is 44.2 Å². The van der Waals surface area contributed by atoms with Crippen LogP contribution in [0.3, 0.4) is 0 Å². The van der Waals surface area contributed by atoms with E-state index in [0.717, 1.165) is 22.5 Å². The number of benzene rings is 2. The molecule has 0 unspecified atom stereocenters. The Balaban J connectivity index is 1.56. The van der Waals surface area contributed by atoms with E-state index in [-0.39, 0.29) is 11.8 Å². The van der Waals surface area contributed by atoms with Crippen molar-refractivity contribution in [2.75, 3.05) is 0 Å². The lowest BCUT2D eigenvalue weighted by atomic mass is 9.86. The quantitative estimate of drug-likeness (QED) is 0.530. The minimum Gasteiger partial charge on any atom is -0.386 e. The highest BCUT2D eigenvalue weighted by atomic mass is 32.2. The lowest BCUT2D eigenvalue weighted by Crippen LogP contribution is -2.27. The predicted molar refractivity (Wildman–Crippen MR) is 109 cm³/mol.